The lowest BCUT2D eigenvalue weighted by atomic mass is 9.97. The van der Waals surface area contributed by atoms with Gasteiger partial charge in [-0.3, -0.25) is 9.78 Å². The fourth-order valence-electron chi connectivity index (χ4n) is 2.97. The molecular weight excluding hydrogens is 310 g/mol. The van der Waals surface area contributed by atoms with Crippen LogP contribution in [0.1, 0.15) is 37.3 Å². The van der Waals surface area contributed by atoms with Gasteiger partial charge in [0.05, 0.1) is 17.8 Å². The number of carbonyl (C=O) groups is 1. The minimum absolute atomic E-state index is 0.0287. The van der Waals surface area contributed by atoms with Crippen molar-refractivity contribution in [2.75, 3.05) is 23.3 Å². The maximum absolute atomic E-state index is 12.5. The lowest BCUT2D eigenvalue weighted by molar-refractivity contribution is -0.120. The summed E-state index contributed by atoms with van der Waals surface area (Å²) in [4.78, 5) is 27.6. The van der Waals surface area contributed by atoms with Crippen LogP contribution in [-0.4, -0.2) is 33.9 Å². The van der Waals surface area contributed by atoms with Crippen LogP contribution in [-0.2, 0) is 4.79 Å². The SMILES string of the molecule is O=C(Nc1nc(C2CC2)cs1)C1CCCN(c2cnccn2)C1. The van der Waals surface area contributed by atoms with Crippen LogP contribution in [0.15, 0.2) is 24.0 Å². The molecule has 0 spiro atoms. The smallest absolute Gasteiger partial charge is 0.231 e. The summed E-state index contributed by atoms with van der Waals surface area (Å²) in [6.07, 6.45) is 9.46. The first-order valence-corrected chi connectivity index (χ1v) is 8.95. The Morgan fingerprint density at radius 1 is 1.30 bits per heavy atom. The van der Waals surface area contributed by atoms with Crippen molar-refractivity contribution in [3.63, 3.8) is 0 Å². The highest BCUT2D eigenvalue weighted by Gasteiger charge is 2.29. The summed E-state index contributed by atoms with van der Waals surface area (Å²) in [7, 11) is 0. The molecule has 1 amide bonds. The third kappa shape index (κ3) is 3.34. The van der Waals surface area contributed by atoms with E-state index in [-0.39, 0.29) is 11.8 Å². The van der Waals surface area contributed by atoms with Crippen LogP contribution in [0.25, 0.3) is 0 Å². The largest absolute Gasteiger partial charge is 0.355 e. The maximum Gasteiger partial charge on any atom is 0.231 e. The quantitative estimate of drug-likeness (QED) is 0.934. The molecule has 1 unspecified atom stereocenters. The minimum atomic E-state index is -0.0287. The van der Waals surface area contributed by atoms with Crippen LogP contribution >= 0.6 is 11.3 Å². The van der Waals surface area contributed by atoms with Gasteiger partial charge in [-0.1, -0.05) is 0 Å². The predicted molar refractivity (Wildman–Crippen MR) is 89.7 cm³/mol. The number of thiazole rings is 1. The Morgan fingerprint density at radius 2 is 2.22 bits per heavy atom. The molecule has 1 aliphatic heterocycles. The zero-order chi connectivity index (χ0) is 15.6. The average Bonchev–Trinajstić information content (AvgIpc) is 3.36. The Balaban J connectivity index is 1.39. The van der Waals surface area contributed by atoms with Crippen LogP contribution < -0.4 is 10.2 Å². The summed E-state index contributed by atoms with van der Waals surface area (Å²) >= 11 is 1.53. The van der Waals surface area contributed by atoms with Crippen LogP contribution in [0, 0.1) is 5.92 Å². The molecule has 1 atom stereocenters. The highest BCUT2D eigenvalue weighted by molar-refractivity contribution is 7.13. The van der Waals surface area contributed by atoms with Gasteiger partial charge in [-0.05, 0) is 25.7 Å². The monoisotopic (exact) mass is 329 g/mol. The van der Waals surface area contributed by atoms with Crippen molar-refractivity contribution in [3.05, 3.63) is 29.7 Å². The Labute approximate surface area is 139 Å². The first kappa shape index (κ1) is 14.6. The van der Waals surface area contributed by atoms with Crippen LogP contribution in [0.5, 0.6) is 0 Å². The van der Waals surface area contributed by atoms with Gasteiger partial charge in [-0.25, -0.2) is 9.97 Å². The van der Waals surface area contributed by atoms with Crippen LogP contribution in [0.4, 0.5) is 10.9 Å². The fourth-order valence-corrected chi connectivity index (χ4v) is 3.77. The Hall–Kier alpha value is -2.02. The number of rotatable bonds is 4. The number of nitrogens with zero attached hydrogens (tertiary/aromatic N) is 4. The summed E-state index contributed by atoms with van der Waals surface area (Å²) in [6.45, 7) is 1.61. The van der Waals surface area contributed by atoms with E-state index in [0.29, 0.717) is 12.5 Å². The summed E-state index contributed by atoms with van der Waals surface area (Å²) in [6, 6.07) is 0. The molecule has 0 radical (unpaired) electrons. The molecule has 0 bridgehead atoms. The molecule has 2 aromatic heterocycles. The maximum atomic E-state index is 12.5. The molecule has 2 fully saturated rings. The molecule has 0 aromatic carbocycles. The zero-order valence-corrected chi connectivity index (χ0v) is 13.6. The lowest BCUT2D eigenvalue weighted by Crippen LogP contribution is -2.41. The minimum Gasteiger partial charge on any atom is -0.355 e. The summed E-state index contributed by atoms with van der Waals surface area (Å²) in [5.41, 5.74) is 1.13. The molecule has 1 saturated heterocycles. The predicted octanol–water partition coefficient (Wildman–Crippen LogP) is 2.67. The van der Waals surface area contributed by atoms with Crippen molar-refractivity contribution in [1.29, 1.82) is 0 Å². The topological polar surface area (TPSA) is 71.0 Å². The van der Waals surface area contributed by atoms with Gasteiger partial charge < -0.3 is 10.2 Å². The molecule has 7 heteroatoms. The van der Waals surface area contributed by atoms with E-state index in [1.165, 1.54) is 24.2 Å². The van der Waals surface area contributed by atoms with Crippen LogP contribution in [0.2, 0.25) is 0 Å². The number of amides is 1. The fraction of sp³-hybridized carbons (Fsp3) is 0.500. The van der Waals surface area contributed by atoms with Crippen molar-refractivity contribution in [3.8, 4) is 0 Å². The molecule has 1 saturated carbocycles. The average molecular weight is 329 g/mol. The number of hydrogen-bond donors (Lipinski definition) is 1. The van der Waals surface area contributed by atoms with Crippen molar-refractivity contribution in [1.82, 2.24) is 15.0 Å². The number of nitrogens with one attached hydrogen (secondary N) is 1. The van der Waals surface area contributed by atoms with Gasteiger partial charge in [0.2, 0.25) is 5.91 Å². The summed E-state index contributed by atoms with van der Waals surface area (Å²) < 4.78 is 0. The second-order valence-corrected chi connectivity index (χ2v) is 7.05. The van der Waals surface area contributed by atoms with E-state index in [4.69, 9.17) is 0 Å². The van der Waals surface area contributed by atoms with Gasteiger partial charge >= 0.3 is 0 Å². The standard InChI is InChI=1S/C16H19N5OS/c22-15(20-16-19-13(10-23-16)11-3-4-11)12-2-1-7-21(9-12)14-8-17-5-6-18-14/h5-6,8,10-12H,1-4,7,9H2,(H,19,20,22). The number of hydrogen-bond acceptors (Lipinski definition) is 6. The molecular formula is C16H19N5OS. The lowest BCUT2D eigenvalue weighted by Gasteiger charge is -2.32. The Bertz CT molecular complexity index is 685. The zero-order valence-electron chi connectivity index (χ0n) is 12.8. The molecule has 23 heavy (non-hydrogen) atoms. The Kier molecular flexibility index (Phi) is 3.95. The van der Waals surface area contributed by atoms with Gasteiger partial charge in [-0.2, -0.15) is 0 Å². The molecule has 2 aliphatic rings. The molecule has 1 N–H and O–H groups in total. The number of anilines is 2. The van der Waals surface area contributed by atoms with Crippen molar-refractivity contribution < 1.29 is 4.79 Å². The van der Waals surface area contributed by atoms with Crippen molar-refractivity contribution in [2.24, 2.45) is 5.92 Å². The van der Waals surface area contributed by atoms with E-state index >= 15 is 0 Å². The number of carbonyl (C=O) groups excluding carboxylic acids is 1. The second kappa shape index (κ2) is 6.23. The van der Waals surface area contributed by atoms with E-state index in [2.05, 4.69) is 30.5 Å². The highest BCUT2D eigenvalue weighted by atomic mass is 32.1. The van der Waals surface area contributed by atoms with Gasteiger partial charge in [-0.15, -0.1) is 11.3 Å². The van der Waals surface area contributed by atoms with Gasteiger partial charge in [0.25, 0.3) is 0 Å². The van der Waals surface area contributed by atoms with E-state index < -0.39 is 0 Å². The molecule has 4 rings (SSSR count). The highest BCUT2D eigenvalue weighted by Crippen LogP contribution is 2.41. The summed E-state index contributed by atoms with van der Waals surface area (Å²) in [5, 5.41) is 5.79. The molecule has 2 aromatic rings. The first-order chi connectivity index (χ1) is 11.3. The molecule has 6 nitrogen and oxygen atoms in total. The Morgan fingerprint density at radius 3 is 3.00 bits per heavy atom. The normalized spacial score (nSPS) is 21.2. The summed E-state index contributed by atoms with van der Waals surface area (Å²) in [5.74, 6) is 1.50. The molecule has 1 aliphatic carbocycles. The van der Waals surface area contributed by atoms with Crippen molar-refractivity contribution in [2.45, 2.75) is 31.6 Å². The third-order valence-corrected chi connectivity index (χ3v) is 5.19. The first-order valence-electron chi connectivity index (χ1n) is 8.07. The molecule has 3 heterocycles. The number of aromatic nitrogens is 3. The van der Waals surface area contributed by atoms with E-state index in [0.717, 1.165) is 36.0 Å². The van der Waals surface area contributed by atoms with Gasteiger partial charge in [0.15, 0.2) is 5.13 Å². The third-order valence-electron chi connectivity index (χ3n) is 4.41. The van der Waals surface area contributed by atoms with E-state index in [1.807, 2.05) is 0 Å². The van der Waals surface area contributed by atoms with E-state index in [1.54, 1.807) is 18.6 Å². The van der Waals surface area contributed by atoms with Gasteiger partial charge in [0, 0.05) is 36.8 Å². The molecule has 120 valence electrons. The van der Waals surface area contributed by atoms with E-state index in [9.17, 15) is 4.79 Å². The van der Waals surface area contributed by atoms with Gasteiger partial charge in [0.1, 0.15) is 5.82 Å². The van der Waals surface area contributed by atoms with Crippen LogP contribution in [0.3, 0.4) is 0 Å². The number of piperidine rings is 1. The second-order valence-electron chi connectivity index (χ2n) is 6.19. The van der Waals surface area contributed by atoms with Crippen molar-refractivity contribution >= 4 is 28.2 Å².